The van der Waals surface area contributed by atoms with Crippen LogP contribution in [-0.4, -0.2) is 26.7 Å². The zero-order valence-corrected chi connectivity index (χ0v) is 16.1. The Bertz CT molecular complexity index is 788. The summed E-state index contributed by atoms with van der Waals surface area (Å²) in [4.78, 5) is 11.9. The SMILES string of the molecule is COc1ccc2c(c1)C(CCCNC(=O)CC1CC1)c1cc(OC)ccc1-2. The molecule has 2 aromatic carbocycles. The molecule has 2 aliphatic rings. The molecule has 27 heavy (non-hydrogen) atoms. The van der Waals surface area contributed by atoms with Gasteiger partial charge in [-0.1, -0.05) is 12.1 Å². The van der Waals surface area contributed by atoms with Gasteiger partial charge in [0.1, 0.15) is 11.5 Å². The molecule has 0 heterocycles. The van der Waals surface area contributed by atoms with E-state index < -0.39 is 0 Å². The van der Waals surface area contributed by atoms with Crippen molar-refractivity contribution in [1.82, 2.24) is 5.32 Å². The third-order valence-electron chi connectivity index (χ3n) is 5.72. The van der Waals surface area contributed by atoms with Crippen LogP contribution in [0.15, 0.2) is 36.4 Å². The molecule has 1 fully saturated rings. The van der Waals surface area contributed by atoms with Crippen LogP contribution in [0.25, 0.3) is 11.1 Å². The van der Waals surface area contributed by atoms with Crippen LogP contribution < -0.4 is 14.8 Å². The molecule has 4 nitrogen and oxygen atoms in total. The summed E-state index contributed by atoms with van der Waals surface area (Å²) in [6.45, 7) is 0.737. The topological polar surface area (TPSA) is 47.6 Å². The molecule has 2 aliphatic carbocycles. The first kappa shape index (κ1) is 17.9. The number of carbonyl (C=O) groups is 1. The summed E-state index contributed by atoms with van der Waals surface area (Å²) in [6.07, 6.45) is 5.07. The molecule has 0 radical (unpaired) electrons. The van der Waals surface area contributed by atoms with E-state index in [0.717, 1.165) is 30.9 Å². The van der Waals surface area contributed by atoms with Gasteiger partial charge in [-0.3, -0.25) is 4.79 Å². The fourth-order valence-corrected chi connectivity index (χ4v) is 4.07. The largest absolute Gasteiger partial charge is 0.497 e. The minimum atomic E-state index is 0.202. The Morgan fingerprint density at radius 2 is 1.59 bits per heavy atom. The van der Waals surface area contributed by atoms with Gasteiger partial charge in [-0.05, 0) is 78.1 Å². The molecule has 142 valence electrons. The standard InChI is InChI=1S/C23H27NO3/c1-26-16-7-9-19-20-10-8-17(27-2)14-22(20)18(21(19)13-16)4-3-11-24-23(25)12-15-5-6-15/h7-10,13-15,18H,3-6,11-12H2,1-2H3,(H,24,25). The quantitative estimate of drug-likeness (QED) is 0.700. The predicted molar refractivity (Wildman–Crippen MR) is 106 cm³/mol. The van der Waals surface area contributed by atoms with E-state index in [1.165, 1.54) is 35.1 Å². The molecular formula is C23H27NO3. The number of methoxy groups -OCH3 is 2. The van der Waals surface area contributed by atoms with E-state index in [1.54, 1.807) is 14.2 Å². The molecule has 1 amide bonds. The number of ether oxygens (including phenoxy) is 2. The number of benzene rings is 2. The van der Waals surface area contributed by atoms with Crippen LogP contribution in [0.2, 0.25) is 0 Å². The smallest absolute Gasteiger partial charge is 0.220 e. The molecule has 0 aromatic heterocycles. The highest BCUT2D eigenvalue weighted by Gasteiger charge is 2.29. The number of rotatable bonds is 8. The fraction of sp³-hybridized carbons (Fsp3) is 0.435. The Morgan fingerprint density at radius 1 is 1.00 bits per heavy atom. The minimum Gasteiger partial charge on any atom is -0.497 e. The zero-order chi connectivity index (χ0) is 18.8. The van der Waals surface area contributed by atoms with Crippen molar-refractivity contribution >= 4 is 5.91 Å². The number of hydrogen-bond acceptors (Lipinski definition) is 3. The van der Waals surface area contributed by atoms with E-state index in [9.17, 15) is 4.79 Å². The average Bonchev–Trinajstić information content (AvgIpc) is 3.45. The molecular weight excluding hydrogens is 338 g/mol. The highest BCUT2D eigenvalue weighted by atomic mass is 16.5. The lowest BCUT2D eigenvalue weighted by Crippen LogP contribution is -2.24. The number of hydrogen-bond donors (Lipinski definition) is 1. The van der Waals surface area contributed by atoms with Crippen molar-refractivity contribution in [3.63, 3.8) is 0 Å². The van der Waals surface area contributed by atoms with Gasteiger partial charge in [-0.25, -0.2) is 0 Å². The first-order chi connectivity index (χ1) is 13.2. The highest BCUT2D eigenvalue weighted by Crippen LogP contribution is 2.48. The lowest BCUT2D eigenvalue weighted by atomic mass is 9.92. The first-order valence-electron chi connectivity index (χ1n) is 9.82. The summed E-state index contributed by atoms with van der Waals surface area (Å²) < 4.78 is 10.9. The molecule has 1 N–H and O–H groups in total. The number of fused-ring (bicyclic) bond motifs is 3. The number of amides is 1. The van der Waals surface area contributed by atoms with Crippen molar-refractivity contribution in [2.75, 3.05) is 20.8 Å². The normalized spacial score (nSPS) is 15.2. The van der Waals surface area contributed by atoms with Crippen LogP contribution in [0.4, 0.5) is 0 Å². The van der Waals surface area contributed by atoms with Crippen LogP contribution >= 0.6 is 0 Å². The van der Waals surface area contributed by atoms with Gasteiger partial charge in [-0.2, -0.15) is 0 Å². The molecule has 0 spiro atoms. The van der Waals surface area contributed by atoms with E-state index in [-0.39, 0.29) is 5.91 Å². The van der Waals surface area contributed by atoms with E-state index in [2.05, 4.69) is 29.6 Å². The Labute approximate surface area is 160 Å². The second-order valence-corrected chi connectivity index (χ2v) is 7.60. The van der Waals surface area contributed by atoms with Crippen molar-refractivity contribution in [1.29, 1.82) is 0 Å². The summed E-state index contributed by atoms with van der Waals surface area (Å²) in [5, 5.41) is 3.08. The van der Waals surface area contributed by atoms with E-state index in [1.807, 2.05) is 12.1 Å². The predicted octanol–water partition coefficient (Wildman–Crippen LogP) is 4.51. The first-order valence-corrected chi connectivity index (χ1v) is 9.82. The monoisotopic (exact) mass is 365 g/mol. The van der Waals surface area contributed by atoms with Gasteiger partial charge in [-0.15, -0.1) is 0 Å². The lowest BCUT2D eigenvalue weighted by molar-refractivity contribution is -0.121. The van der Waals surface area contributed by atoms with E-state index >= 15 is 0 Å². The molecule has 0 bridgehead atoms. The van der Waals surface area contributed by atoms with Crippen LogP contribution in [-0.2, 0) is 4.79 Å². The van der Waals surface area contributed by atoms with Gasteiger partial charge in [0.2, 0.25) is 5.91 Å². The highest BCUT2D eigenvalue weighted by molar-refractivity contribution is 5.80. The molecule has 1 saturated carbocycles. The maximum Gasteiger partial charge on any atom is 0.220 e. The van der Waals surface area contributed by atoms with Gasteiger partial charge in [0.15, 0.2) is 0 Å². The van der Waals surface area contributed by atoms with E-state index in [4.69, 9.17) is 9.47 Å². The third kappa shape index (κ3) is 3.80. The molecule has 0 aliphatic heterocycles. The van der Waals surface area contributed by atoms with Gasteiger partial charge in [0, 0.05) is 18.9 Å². The molecule has 0 saturated heterocycles. The number of nitrogens with one attached hydrogen (secondary N) is 1. The second-order valence-electron chi connectivity index (χ2n) is 7.60. The summed E-state index contributed by atoms with van der Waals surface area (Å²) in [7, 11) is 3.41. The third-order valence-corrected chi connectivity index (χ3v) is 5.72. The van der Waals surface area contributed by atoms with Crippen LogP contribution in [0.5, 0.6) is 11.5 Å². The average molecular weight is 365 g/mol. The Morgan fingerprint density at radius 3 is 2.11 bits per heavy atom. The summed E-state index contributed by atoms with van der Waals surface area (Å²) >= 11 is 0. The van der Waals surface area contributed by atoms with Crippen molar-refractivity contribution < 1.29 is 14.3 Å². The van der Waals surface area contributed by atoms with Gasteiger partial charge >= 0.3 is 0 Å². The van der Waals surface area contributed by atoms with Gasteiger partial charge in [0.05, 0.1) is 14.2 Å². The molecule has 0 atom stereocenters. The maximum atomic E-state index is 11.9. The number of carbonyl (C=O) groups excluding carboxylic acids is 1. The lowest BCUT2D eigenvalue weighted by Gasteiger charge is -2.15. The Hall–Kier alpha value is -2.49. The molecule has 4 rings (SSSR count). The van der Waals surface area contributed by atoms with E-state index in [0.29, 0.717) is 18.3 Å². The second kappa shape index (κ2) is 7.63. The molecule has 4 heteroatoms. The molecule has 2 aromatic rings. The minimum absolute atomic E-state index is 0.202. The van der Waals surface area contributed by atoms with Crippen molar-refractivity contribution in [2.24, 2.45) is 5.92 Å². The fourth-order valence-electron chi connectivity index (χ4n) is 4.07. The van der Waals surface area contributed by atoms with Crippen molar-refractivity contribution in [2.45, 2.75) is 38.0 Å². The van der Waals surface area contributed by atoms with Crippen LogP contribution in [0.1, 0.15) is 49.1 Å². The molecule has 0 unspecified atom stereocenters. The van der Waals surface area contributed by atoms with Crippen molar-refractivity contribution in [3.05, 3.63) is 47.5 Å². The summed E-state index contributed by atoms with van der Waals surface area (Å²) in [6, 6.07) is 12.6. The van der Waals surface area contributed by atoms with Gasteiger partial charge in [0.25, 0.3) is 0 Å². The van der Waals surface area contributed by atoms with Crippen LogP contribution in [0.3, 0.4) is 0 Å². The van der Waals surface area contributed by atoms with Crippen LogP contribution in [0, 0.1) is 5.92 Å². The zero-order valence-electron chi connectivity index (χ0n) is 16.1. The maximum absolute atomic E-state index is 11.9. The Kier molecular flexibility index (Phi) is 5.06. The van der Waals surface area contributed by atoms with Gasteiger partial charge < -0.3 is 14.8 Å². The Balaban J connectivity index is 1.49. The summed E-state index contributed by atoms with van der Waals surface area (Å²) in [5.41, 5.74) is 5.16. The summed E-state index contributed by atoms with van der Waals surface area (Å²) in [5.74, 6) is 2.92. The van der Waals surface area contributed by atoms with Crippen molar-refractivity contribution in [3.8, 4) is 22.6 Å².